The number of amides is 1. The van der Waals surface area contributed by atoms with Crippen molar-refractivity contribution in [1.29, 1.82) is 0 Å². The highest BCUT2D eigenvalue weighted by atomic mass is 35.5. The zero-order valence-electron chi connectivity index (χ0n) is 13.0. The lowest BCUT2D eigenvalue weighted by Crippen LogP contribution is -2.41. The fourth-order valence-electron chi connectivity index (χ4n) is 2.36. The summed E-state index contributed by atoms with van der Waals surface area (Å²) in [5.74, 6) is -0.0207. The molecule has 0 aliphatic carbocycles. The number of halogens is 1. The molecule has 2 aromatic rings. The average Bonchev–Trinajstić information content (AvgIpc) is 3.04. The minimum atomic E-state index is -0.498. The minimum absolute atomic E-state index is 0. The van der Waals surface area contributed by atoms with Crippen LogP contribution in [0.1, 0.15) is 26.7 Å². The molecule has 6 heteroatoms. The zero-order valence-corrected chi connectivity index (χ0v) is 13.8. The second kappa shape index (κ2) is 7.96. The fourth-order valence-corrected chi connectivity index (χ4v) is 2.36. The van der Waals surface area contributed by atoms with Crippen LogP contribution in [0.25, 0.3) is 5.69 Å². The second-order valence-corrected chi connectivity index (χ2v) is 5.15. The Bertz CT molecular complexity index is 586. The van der Waals surface area contributed by atoms with Crippen LogP contribution in [0.15, 0.2) is 42.7 Å². The molecule has 1 amide bonds. The molecule has 22 heavy (non-hydrogen) atoms. The maximum atomic E-state index is 12.5. The predicted molar refractivity (Wildman–Crippen MR) is 91.5 cm³/mol. The van der Waals surface area contributed by atoms with Crippen molar-refractivity contribution in [2.45, 2.75) is 26.7 Å². The van der Waals surface area contributed by atoms with Crippen LogP contribution in [0.5, 0.6) is 0 Å². The molecule has 0 aliphatic heterocycles. The van der Waals surface area contributed by atoms with Crippen molar-refractivity contribution >= 4 is 24.0 Å². The van der Waals surface area contributed by atoms with Gasteiger partial charge in [0, 0.05) is 24.6 Å². The van der Waals surface area contributed by atoms with Gasteiger partial charge in [0.25, 0.3) is 0 Å². The topological polar surface area (TPSA) is 72.9 Å². The molecule has 1 aromatic carbocycles. The molecule has 5 nitrogen and oxygen atoms in total. The van der Waals surface area contributed by atoms with Gasteiger partial charge >= 0.3 is 0 Å². The number of nitrogens with two attached hydrogens (primary N) is 1. The number of hydrogen-bond donors (Lipinski definition) is 2. The van der Waals surface area contributed by atoms with Gasteiger partial charge in [-0.1, -0.05) is 19.9 Å². The summed E-state index contributed by atoms with van der Waals surface area (Å²) in [6.45, 7) is 4.34. The number of carbonyl (C=O) groups excluding carboxylic acids is 1. The number of rotatable bonds is 6. The quantitative estimate of drug-likeness (QED) is 0.858. The van der Waals surface area contributed by atoms with Gasteiger partial charge in [0.1, 0.15) is 0 Å². The summed E-state index contributed by atoms with van der Waals surface area (Å²) in [5.41, 5.74) is 6.98. The van der Waals surface area contributed by atoms with E-state index in [-0.39, 0.29) is 18.3 Å². The number of nitrogens with one attached hydrogen (secondary N) is 1. The number of benzene rings is 1. The van der Waals surface area contributed by atoms with E-state index in [9.17, 15) is 4.79 Å². The van der Waals surface area contributed by atoms with E-state index in [0.717, 1.165) is 24.2 Å². The fraction of sp³-hybridized carbons (Fsp3) is 0.375. The SMILES string of the molecule is CCC(CC)(CN)C(=O)Nc1cccc(-n2cccn2)c1.Cl. The Balaban J connectivity index is 0.00000242. The first kappa shape index (κ1) is 18.2. The summed E-state index contributed by atoms with van der Waals surface area (Å²) in [6.07, 6.45) is 5.04. The van der Waals surface area contributed by atoms with E-state index < -0.39 is 5.41 Å². The average molecular weight is 323 g/mol. The molecule has 0 saturated heterocycles. The number of hydrogen-bond acceptors (Lipinski definition) is 3. The molecule has 0 spiro atoms. The first-order valence-corrected chi connectivity index (χ1v) is 7.27. The highest BCUT2D eigenvalue weighted by molar-refractivity contribution is 5.95. The van der Waals surface area contributed by atoms with E-state index in [1.807, 2.05) is 50.4 Å². The van der Waals surface area contributed by atoms with E-state index in [1.165, 1.54) is 0 Å². The smallest absolute Gasteiger partial charge is 0.231 e. The summed E-state index contributed by atoms with van der Waals surface area (Å²) >= 11 is 0. The van der Waals surface area contributed by atoms with Crippen LogP contribution >= 0.6 is 12.4 Å². The molecule has 0 aliphatic rings. The molecule has 1 aromatic heterocycles. The molecule has 0 atom stereocenters. The molecule has 1 heterocycles. The van der Waals surface area contributed by atoms with Crippen molar-refractivity contribution in [2.75, 3.05) is 11.9 Å². The van der Waals surface area contributed by atoms with Crippen LogP contribution in [0.3, 0.4) is 0 Å². The van der Waals surface area contributed by atoms with Crippen molar-refractivity contribution in [2.24, 2.45) is 11.1 Å². The molecule has 0 fully saturated rings. The minimum Gasteiger partial charge on any atom is -0.329 e. The van der Waals surface area contributed by atoms with Gasteiger partial charge < -0.3 is 11.1 Å². The van der Waals surface area contributed by atoms with Gasteiger partial charge in [0.15, 0.2) is 0 Å². The van der Waals surface area contributed by atoms with Crippen LogP contribution in [0.4, 0.5) is 5.69 Å². The maximum absolute atomic E-state index is 12.5. The van der Waals surface area contributed by atoms with Gasteiger partial charge in [-0.05, 0) is 37.1 Å². The number of anilines is 1. The predicted octanol–water partition coefficient (Wildman–Crippen LogP) is 3.00. The zero-order chi connectivity index (χ0) is 15.3. The molecular formula is C16H23ClN4O. The van der Waals surface area contributed by atoms with Crippen molar-refractivity contribution in [3.63, 3.8) is 0 Å². The van der Waals surface area contributed by atoms with Gasteiger partial charge in [-0.15, -0.1) is 12.4 Å². The lowest BCUT2D eigenvalue weighted by atomic mass is 9.81. The first-order valence-electron chi connectivity index (χ1n) is 7.27. The Labute approximate surface area is 137 Å². The van der Waals surface area contributed by atoms with Crippen LogP contribution in [-0.4, -0.2) is 22.2 Å². The van der Waals surface area contributed by atoms with E-state index >= 15 is 0 Å². The van der Waals surface area contributed by atoms with Crippen LogP contribution in [0, 0.1) is 5.41 Å². The van der Waals surface area contributed by atoms with Crippen LogP contribution in [-0.2, 0) is 4.79 Å². The maximum Gasteiger partial charge on any atom is 0.231 e. The molecule has 0 radical (unpaired) electrons. The second-order valence-electron chi connectivity index (χ2n) is 5.15. The standard InChI is InChI=1S/C16H22N4O.ClH/c1-3-16(4-2,12-17)15(21)19-13-7-5-8-14(11-13)20-10-6-9-18-20;/h5-11H,3-4,12,17H2,1-2H3,(H,19,21);1H. The van der Waals surface area contributed by atoms with Crippen LogP contribution < -0.4 is 11.1 Å². The van der Waals surface area contributed by atoms with Crippen molar-refractivity contribution in [3.8, 4) is 5.69 Å². The Kier molecular flexibility index (Phi) is 6.59. The molecule has 0 unspecified atom stereocenters. The molecule has 0 bridgehead atoms. The lowest BCUT2D eigenvalue weighted by Gasteiger charge is -2.28. The van der Waals surface area contributed by atoms with E-state index in [4.69, 9.17) is 5.73 Å². The third-order valence-corrected chi connectivity index (χ3v) is 4.10. The van der Waals surface area contributed by atoms with Gasteiger partial charge in [0.2, 0.25) is 5.91 Å². The Hall–Kier alpha value is -1.85. The van der Waals surface area contributed by atoms with Gasteiger partial charge in [-0.2, -0.15) is 5.10 Å². The number of carbonyl (C=O) groups is 1. The number of aromatic nitrogens is 2. The Morgan fingerprint density at radius 2 is 2.05 bits per heavy atom. The molecular weight excluding hydrogens is 300 g/mol. The summed E-state index contributed by atoms with van der Waals surface area (Å²) in [4.78, 5) is 12.5. The molecule has 120 valence electrons. The lowest BCUT2D eigenvalue weighted by molar-refractivity contribution is -0.125. The van der Waals surface area contributed by atoms with Crippen molar-refractivity contribution < 1.29 is 4.79 Å². The summed E-state index contributed by atoms with van der Waals surface area (Å²) in [5, 5.41) is 7.17. The van der Waals surface area contributed by atoms with Crippen molar-refractivity contribution in [3.05, 3.63) is 42.7 Å². The highest BCUT2D eigenvalue weighted by Gasteiger charge is 2.33. The number of nitrogens with zero attached hydrogens (tertiary/aromatic N) is 2. The van der Waals surface area contributed by atoms with Crippen molar-refractivity contribution in [1.82, 2.24) is 9.78 Å². The summed E-state index contributed by atoms with van der Waals surface area (Å²) in [7, 11) is 0. The first-order chi connectivity index (χ1) is 10.1. The van der Waals surface area contributed by atoms with E-state index in [1.54, 1.807) is 10.9 Å². The van der Waals surface area contributed by atoms with Gasteiger partial charge in [-0.25, -0.2) is 4.68 Å². The highest BCUT2D eigenvalue weighted by Crippen LogP contribution is 2.27. The molecule has 0 saturated carbocycles. The summed E-state index contributed by atoms with van der Waals surface area (Å²) < 4.78 is 1.76. The molecule has 2 rings (SSSR count). The van der Waals surface area contributed by atoms with Crippen LogP contribution in [0.2, 0.25) is 0 Å². The Morgan fingerprint density at radius 1 is 1.32 bits per heavy atom. The Morgan fingerprint density at radius 3 is 2.59 bits per heavy atom. The normalized spacial score (nSPS) is 10.9. The largest absolute Gasteiger partial charge is 0.329 e. The third kappa shape index (κ3) is 3.67. The summed E-state index contributed by atoms with van der Waals surface area (Å²) in [6, 6.07) is 9.47. The third-order valence-electron chi connectivity index (χ3n) is 4.10. The molecule has 3 N–H and O–H groups in total. The van der Waals surface area contributed by atoms with E-state index in [2.05, 4.69) is 10.4 Å². The monoisotopic (exact) mass is 322 g/mol. The van der Waals surface area contributed by atoms with Gasteiger partial charge in [0.05, 0.1) is 11.1 Å². The van der Waals surface area contributed by atoms with E-state index in [0.29, 0.717) is 6.54 Å². The van der Waals surface area contributed by atoms with Gasteiger partial charge in [-0.3, -0.25) is 4.79 Å².